The van der Waals surface area contributed by atoms with Crippen LogP contribution in [-0.2, 0) is 19.3 Å². The number of nitrogens with one attached hydrogen (secondary N) is 2. The Balaban J connectivity index is 1.49. The van der Waals surface area contributed by atoms with Gasteiger partial charge in [-0.1, -0.05) is 48.5 Å². The highest BCUT2D eigenvalue weighted by molar-refractivity contribution is 5.74. The Hall–Kier alpha value is -2.29. The van der Waals surface area contributed by atoms with Crippen molar-refractivity contribution in [2.75, 3.05) is 6.54 Å². The molecule has 1 aliphatic carbocycles. The van der Waals surface area contributed by atoms with Gasteiger partial charge in [0.15, 0.2) is 0 Å². The summed E-state index contributed by atoms with van der Waals surface area (Å²) in [5.41, 5.74) is 5.36. The molecule has 3 nitrogen and oxygen atoms in total. The van der Waals surface area contributed by atoms with Crippen LogP contribution in [0.4, 0.5) is 4.79 Å². The Labute approximate surface area is 144 Å². The molecule has 126 valence electrons. The Kier molecular flexibility index (Phi) is 5.52. The van der Waals surface area contributed by atoms with Gasteiger partial charge in [-0.15, -0.1) is 0 Å². The van der Waals surface area contributed by atoms with Crippen molar-refractivity contribution in [1.82, 2.24) is 10.6 Å². The third-order valence-electron chi connectivity index (χ3n) is 4.76. The molecule has 24 heavy (non-hydrogen) atoms. The van der Waals surface area contributed by atoms with Crippen LogP contribution in [0, 0.1) is 0 Å². The second-order valence-corrected chi connectivity index (χ2v) is 6.59. The summed E-state index contributed by atoms with van der Waals surface area (Å²) in [6, 6.07) is 16.8. The second-order valence-electron chi connectivity index (χ2n) is 6.59. The fraction of sp³-hybridized carbons (Fsp3) is 0.381. The van der Waals surface area contributed by atoms with Crippen LogP contribution < -0.4 is 10.6 Å². The Morgan fingerprint density at radius 2 is 1.79 bits per heavy atom. The number of urea groups is 1. The van der Waals surface area contributed by atoms with E-state index in [4.69, 9.17) is 0 Å². The average Bonchev–Trinajstić information content (AvgIpc) is 2.62. The highest BCUT2D eigenvalue weighted by Gasteiger charge is 2.13. The van der Waals surface area contributed by atoms with Gasteiger partial charge in [-0.05, 0) is 61.3 Å². The van der Waals surface area contributed by atoms with Gasteiger partial charge in [-0.3, -0.25) is 0 Å². The smallest absolute Gasteiger partial charge is 0.315 e. The summed E-state index contributed by atoms with van der Waals surface area (Å²) < 4.78 is 0. The van der Waals surface area contributed by atoms with Gasteiger partial charge in [0, 0.05) is 6.54 Å². The van der Waals surface area contributed by atoms with Crippen LogP contribution in [0.3, 0.4) is 0 Å². The molecule has 1 atom stereocenters. The molecule has 0 bridgehead atoms. The van der Waals surface area contributed by atoms with Crippen molar-refractivity contribution in [1.29, 1.82) is 0 Å². The van der Waals surface area contributed by atoms with E-state index in [0.717, 1.165) is 6.42 Å². The lowest BCUT2D eigenvalue weighted by Crippen LogP contribution is -2.38. The standard InChI is InChI=1S/C21H26N2O/c1-16(19-12-11-18-9-5-6-10-20(18)15-19)23-21(24)22-14-13-17-7-3-2-4-8-17/h2-4,7-8,11-12,15-16H,5-6,9-10,13-14H2,1H3,(H2,22,23,24). The van der Waals surface area contributed by atoms with Crippen molar-refractivity contribution in [3.63, 3.8) is 0 Å². The zero-order valence-corrected chi connectivity index (χ0v) is 14.3. The van der Waals surface area contributed by atoms with Crippen LogP contribution in [0.15, 0.2) is 48.5 Å². The number of hydrogen-bond donors (Lipinski definition) is 2. The van der Waals surface area contributed by atoms with Gasteiger partial charge in [0.2, 0.25) is 0 Å². The third-order valence-corrected chi connectivity index (χ3v) is 4.76. The maximum atomic E-state index is 12.1. The fourth-order valence-electron chi connectivity index (χ4n) is 3.32. The highest BCUT2D eigenvalue weighted by Crippen LogP contribution is 2.24. The van der Waals surface area contributed by atoms with Crippen molar-refractivity contribution in [3.05, 3.63) is 70.8 Å². The van der Waals surface area contributed by atoms with E-state index in [2.05, 4.69) is 41.0 Å². The van der Waals surface area contributed by atoms with Crippen molar-refractivity contribution < 1.29 is 4.79 Å². The molecule has 2 amide bonds. The summed E-state index contributed by atoms with van der Waals surface area (Å²) >= 11 is 0. The fourth-order valence-corrected chi connectivity index (χ4v) is 3.32. The number of amides is 2. The maximum absolute atomic E-state index is 12.1. The number of rotatable bonds is 5. The van der Waals surface area contributed by atoms with E-state index in [-0.39, 0.29) is 12.1 Å². The van der Waals surface area contributed by atoms with Crippen molar-refractivity contribution >= 4 is 6.03 Å². The molecule has 0 radical (unpaired) electrons. The van der Waals surface area contributed by atoms with Crippen molar-refractivity contribution in [3.8, 4) is 0 Å². The molecule has 0 saturated carbocycles. The van der Waals surface area contributed by atoms with Crippen molar-refractivity contribution in [2.45, 2.75) is 45.1 Å². The van der Waals surface area contributed by atoms with Crippen LogP contribution in [0.1, 0.15) is 48.1 Å². The van der Waals surface area contributed by atoms with Crippen LogP contribution in [-0.4, -0.2) is 12.6 Å². The summed E-state index contributed by atoms with van der Waals surface area (Å²) in [5.74, 6) is 0. The van der Waals surface area contributed by atoms with Crippen LogP contribution >= 0.6 is 0 Å². The molecule has 0 saturated heterocycles. The molecule has 0 aromatic heterocycles. The number of carbonyl (C=O) groups excluding carboxylic acids is 1. The van der Waals surface area contributed by atoms with Crippen molar-refractivity contribution in [2.24, 2.45) is 0 Å². The minimum Gasteiger partial charge on any atom is -0.338 e. The van der Waals surface area contributed by atoms with E-state index in [1.165, 1.54) is 47.9 Å². The van der Waals surface area contributed by atoms with Crippen LogP contribution in [0.5, 0.6) is 0 Å². The van der Waals surface area contributed by atoms with Gasteiger partial charge in [-0.2, -0.15) is 0 Å². The van der Waals surface area contributed by atoms with E-state index in [1.54, 1.807) is 0 Å². The zero-order chi connectivity index (χ0) is 16.8. The normalized spacial score (nSPS) is 14.5. The molecule has 0 spiro atoms. The van der Waals surface area contributed by atoms with E-state index in [1.807, 2.05) is 25.1 Å². The molecule has 0 fully saturated rings. The summed E-state index contributed by atoms with van der Waals surface area (Å²) in [5, 5.41) is 5.98. The van der Waals surface area contributed by atoms with E-state index >= 15 is 0 Å². The van der Waals surface area contributed by atoms with E-state index < -0.39 is 0 Å². The molecule has 2 aromatic rings. The van der Waals surface area contributed by atoms with E-state index in [9.17, 15) is 4.79 Å². The quantitative estimate of drug-likeness (QED) is 0.852. The summed E-state index contributed by atoms with van der Waals surface area (Å²) in [6.07, 6.45) is 5.78. The largest absolute Gasteiger partial charge is 0.338 e. The van der Waals surface area contributed by atoms with Gasteiger partial charge in [0.1, 0.15) is 0 Å². The van der Waals surface area contributed by atoms with Crippen LogP contribution in [0.2, 0.25) is 0 Å². The Morgan fingerprint density at radius 1 is 1.04 bits per heavy atom. The number of carbonyl (C=O) groups is 1. The first-order valence-corrected chi connectivity index (χ1v) is 8.92. The molecule has 1 unspecified atom stereocenters. The van der Waals surface area contributed by atoms with Gasteiger partial charge in [0.25, 0.3) is 0 Å². The average molecular weight is 322 g/mol. The second kappa shape index (κ2) is 8.00. The molecular formula is C21H26N2O. The van der Waals surface area contributed by atoms with Gasteiger partial charge in [-0.25, -0.2) is 4.79 Å². The molecule has 2 N–H and O–H groups in total. The molecule has 2 aromatic carbocycles. The number of fused-ring (bicyclic) bond motifs is 1. The Morgan fingerprint density at radius 3 is 2.58 bits per heavy atom. The highest BCUT2D eigenvalue weighted by atomic mass is 16.2. The Bertz CT molecular complexity index is 681. The van der Waals surface area contributed by atoms with Crippen LogP contribution in [0.25, 0.3) is 0 Å². The van der Waals surface area contributed by atoms with Gasteiger partial charge < -0.3 is 10.6 Å². The lowest BCUT2D eigenvalue weighted by atomic mass is 9.89. The lowest BCUT2D eigenvalue weighted by molar-refractivity contribution is 0.238. The summed E-state index contributed by atoms with van der Waals surface area (Å²) in [6.45, 7) is 2.69. The van der Waals surface area contributed by atoms with Gasteiger partial charge in [0.05, 0.1) is 6.04 Å². The SMILES string of the molecule is CC(NC(=O)NCCc1ccccc1)c1ccc2c(c1)CCCC2. The topological polar surface area (TPSA) is 41.1 Å². The molecule has 0 aliphatic heterocycles. The maximum Gasteiger partial charge on any atom is 0.315 e. The minimum atomic E-state index is -0.101. The zero-order valence-electron chi connectivity index (χ0n) is 14.3. The molecule has 3 heteroatoms. The van der Waals surface area contributed by atoms with E-state index in [0.29, 0.717) is 6.54 Å². The molecule has 1 aliphatic rings. The number of hydrogen-bond acceptors (Lipinski definition) is 1. The monoisotopic (exact) mass is 322 g/mol. The lowest BCUT2D eigenvalue weighted by Gasteiger charge is -2.20. The summed E-state index contributed by atoms with van der Waals surface area (Å²) in [4.78, 5) is 12.1. The predicted octanol–water partition coefficient (Wildman–Crippen LogP) is 4.17. The molecular weight excluding hydrogens is 296 g/mol. The minimum absolute atomic E-state index is 0.0222. The predicted molar refractivity (Wildman–Crippen MR) is 98.2 cm³/mol. The first kappa shape index (κ1) is 16.6. The number of benzene rings is 2. The summed E-state index contributed by atoms with van der Waals surface area (Å²) in [7, 11) is 0. The first-order valence-electron chi connectivity index (χ1n) is 8.92. The molecule has 0 heterocycles. The van der Waals surface area contributed by atoms with Gasteiger partial charge >= 0.3 is 6.03 Å². The first-order chi connectivity index (χ1) is 11.7. The third kappa shape index (κ3) is 4.38. The molecule has 3 rings (SSSR count). The number of aryl methyl sites for hydroxylation is 2.